The van der Waals surface area contributed by atoms with Crippen LogP contribution >= 0.6 is 0 Å². The normalized spacial score (nSPS) is 26.1. The molecule has 4 nitrogen and oxygen atoms in total. The largest absolute Gasteiger partial charge is 0.459 e. The molecule has 0 aromatic heterocycles. The number of halogens is 3. The highest BCUT2D eigenvalue weighted by atomic mass is 19.4. The van der Waals surface area contributed by atoms with E-state index in [0.717, 1.165) is 32.1 Å². The first-order valence-corrected chi connectivity index (χ1v) is 8.87. The molecule has 0 aromatic carbocycles. The lowest BCUT2D eigenvalue weighted by atomic mass is 9.87. The SMILES string of the molecule is C=C(C(=O)OC1CCC(C(=O)OC2(CC)CCCC2)CC1)C(F)(F)F. The molecule has 0 radical (unpaired) electrons. The number of hydrogen-bond donors (Lipinski definition) is 0. The Labute approximate surface area is 145 Å². The molecule has 0 heterocycles. The summed E-state index contributed by atoms with van der Waals surface area (Å²) in [4.78, 5) is 23.8. The summed E-state index contributed by atoms with van der Waals surface area (Å²) in [5.41, 5.74) is -1.84. The lowest BCUT2D eigenvalue weighted by Crippen LogP contribution is -2.36. The molecule has 25 heavy (non-hydrogen) atoms. The Balaban J connectivity index is 1.80. The van der Waals surface area contributed by atoms with Crippen molar-refractivity contribution < 1.29 is 32.2 Å². The first kappa shape index (κ1) is 19.8. The Kier molecular flexibility index (Phi) is 6.16. The van der Waals surface area contributed by atoms with E-state index in [4.69, 9.17) is 9.47 Å². The fourth-order valence-electron chi connectivity index (χ4n) is 3.60. The zero-order valence-electron chi connectivity index (χ0n) is 14.5. The predicted octanol–water partition coefficient (Wildman–Crippen LogP) is 4.47. The van der Waals surface area contributed by atoms with E-state index >= 15 is 0 Å². The third kappa shape index (κ3) is 4.98. The van der Waals surface area contributed by atoms with Crippen molar-refractivity contribution in [2.24, 2.45) is 5.92 Å². The number of alkyl halides is 3. The van der Waals surface area contributed by atoms with Crippen LogP contribution < -0.4 is 0 Å². The maximum Gasteiger partial charge on any atom is 0.422 e. The lowest BCUT2D eigenvalue weighted by molar-refractivity contribution is -0.167. The number of ether oxygens (including phenoxy) is 2. The van der Waals surface area contributed by atoms with Gasteiger partial charge in [0.05, 0.1) is 5.92 Å². The van der Waals surface area contributed by atoms with Crippen LogP contribution in [0.1, 0.15) is 64.7 Å². The zero-order valence-corrected chi connectivity index (χ0v) is 14.5. The van der Waals surface area contributed by atoms with Crippen LogP contribution in [0, 0.1) is 5.92 Å². The van der Waals surface area contributed by atoms with Crippen LogP contribution in [0.2, 0.25) is 0 Å². The van der Waals surface area contributed by atoms with Gasteiger partial charge in [0.1, 0.15) is 17.3 Å². The number of rotatable bonds is 5. The molecular formula is C18H25F3O4. The maximum atomic E-state index is 12.4. The average Bonchev–Trinajstić information content (AvgIpc) is 3.02. The third-order valence-corrected chi connectivity index (χ3v) is 5.35. The summed E-state index contributed by atoms with van der Waals surface area (Å²) in [6.45, 7) is 4.75. The van der Waals surface area contributed by atoms with E-state index in [-0.39, 0.29) is 17.5 Å². The van der Waals surface area contributed by atoms with E-state index in [1.54, 1.807) is 0 Å². The van der Waals surface area contributed by atoms with Crippen molar-refractivity contribution in [3.63, 3.8) is 0 Å². The standard InChI is InChI=1S/C18H25F3O4/c1-3-17(10-4-5-11-17)25-16(23)13-6-8-14(9-7-13)24-15(22)12(2)18(19,20)21/h13-14H,2-11H2,1H3. The van der Waals surface area contributed by atoms with E-state index in [1.807, 2.05) is 6.92 Å². The van der Waals surface area contributed by atoms with Gasteiger partial charge in [0, 0.05) is 0 Å². The minimum absolute atomic E-state index is 0.228. The van der Waals surface area contributed by atoms with Crippen LogP contribution in [-0.2, 0) is 19.1 Å². The Morgan fingerprint density at radius 1 is 1.12 bits per heavy atom. The number of hydrogen-bond acceptors (Lipinski definition) is 4. The summed E-state index contributed by atoms with van der Waals surface area (Å²) in [5.74, 6) is -1.94. The van der Waals surface area contributed by atoms with Gasteiger partial charge in [0.2, 0.25) is 0 Å². The molecular weight excluding hydrogens is 337 g/mol. The van der Waals surface area contributed by atoms with Crippen molar-refractivity contribution in [3.8, 4) is 0 Å². The van der Waals surface area contributed by atoms with Gasteiger partial charge in [0.15, 0.2) is 0 Å². The summed E-state index contributed by atoms with van der Waals surface area (Å²) >= 11 is 0. The molecule has 2 aliphatic carbocycles. The third-order valence-electron chi connectivity index (χ3n) is 5.35. The van der Waals surface area contributed by atoms with Gasteiger partial charge in [-0.25, -0.2) is 4.79 Å². The van der Waals surface area contributed by atoms with Gasteiger partial charge in [-0.3, -0.25) is 4.79 Å². The van der Waals surface area contributed by atoms with E-state index < -0.39 is 23.8 Å². The summed E-state index contributed by atoms with van der Waals surface area (Å²) in [6.07, 6.45) is 0.931. The molecule has 0 aliphatic heterocycles. The minimum atomic E-state index is -4.78. The van der Waals surface area contributed by atoms with Crippen molar-refractivity contribution >= 4 is 11.9 Å². The monoisotopic (exact) mass is 362 g/mol. The zero-order chi connectivity index (χ0) is 18.7. The number of esters is 2. The van der Waals surface area contributed by atoms with Gasteiger partial charge < -0.3 is 9.47 Å². The van der Waals surface area contributed by atoms with Crippen molar-refractivity contribution in [2.45, 2.75) is 82.6 Å². The van der Waals surface area contributed by atoms with Crippen molar-refractivity contribution in [3.05, 3.63) is 12.2 Å². The van der Waals surface area contributed by atoms with Crippen LogP contribution in [-0.4, -0.2) is 29.8 Å². The molecule has 2 rings (SSSR count). The highest BCUT2D eigenvalue weighted by molar-refractivity contribution is 5.89. The summed E-state index contributed by atoms with van der Waals surface area (Å²) in [6, 6.07) is 0. The summed E-state index contributed by atoms with van der Waals surface area (Å²) < 4.78 is 47.9. The molecule has 2 fully saturated rings. The quantitative estimate of drug-likeness (QED) is 0.535. The Morgan fingerprint density at radius 2 is 1.68 bits per heavy atom. The molecule has 0 atom stereocenters. The Bertz CT molecular complexity index is 513. The van der Waals surface area contributed by atoms with Crippen molar-refractivity contribution in [1.82, 2.24) is 0 Å². The number of carbonyl (C=O) groups is 2. The molecule has 0 amide bonds. The second kappa shape index (κ2) is 7.79. The van der Waals surface area contributed by atoms with Crippen LogP contribution in [0.3, 0.4) is 0 Å². The first-order valence-electron chi connectivity index (χ1n) is 8.87. The topological polar surface area (TPSA) is 52.6 Å². The van der Waals surface area contributed by atoms with Crippen molar-refractivity contribution in [2.75, 3.05) is 0 Å². The molecule has 7 heteroatoms. The van der Waals surface area contributed by atoms with Crippen LogP contribution in [0.15, 0.2) is 12.2 Å². The van der Waals surface area contributed by atoms with Gasteiger partial charge >= 0.3 is 18.1 Å². The van der Waals surface area contributed by atoms with Crippen molar-refractivity contribution in [1.29, 1.82) is 0 Å². The molecule has 0 unspecified atom stereocenters. The fourth-order valence-corrected chi connectivity index (χ4v) is 3.60. The van der Waals surface area contributed by atoms with Crippen LogP contribution in [0.5, 0.6) is 0 Å². The van der Waals surface area contributed by atoms with Gasteiger partial charge in [0.25, 0.3) is 0 Å². The minimum Gasteiger partial charge on any atom is -0.459 e. The smallest absolute Gasteiger partial charge is 0.422 e. The molecule has 0 N–H and O–H groups in total. The number of carbonyl (C=O) groups excluding carboxylic acids is 2. The maximum absolute atomic E-state index is 12.4. The van der Waals surface area contributed by atoms with Crippen LogP contribution in [0.4, 0.5) is 13.2 Å². The van der Waals surface area contributed by atoms with Gasteiger partial charge in [-0.1, -0.05) is 13.5 Å². The predicted molar refractivity (Wildman–Crippen MR) is 84.6 cm³/mol. The second-order valence-electron chi connectivity index (χ2n) is 7.02. The fraction of sp³-hybridized carbons (Fsp3) is 0.778. The highest BCUT2D eigenvalue weighted by Crippen LogP contribution is 2.38. The molecule has 0 bridgehead atoms. The summed E-state index contributed by atoms with van der Waals surface area (Å²) in [7, 11) is 0. The molecule has 0 aromatic rings. The second-order valence-corrected chi connectivity index (χ2v) is 7.02. The van der Waals surface area contributed by atoms with E-state index in [0.29, 0.717) is 25.7 Å². The van der Waals surface area contributed by atoms with Gasteiger partial charge in [-0.2, -0.15) is 13.2 Å². The molecule has 142 valence electrons. The molecule has 2 aliphatic rings. The van der Waals surface area contributed by atoms with Gasteiger partial charge in [-0.05, 0) is 57.8 Å². The molecule has 0 spiro atoms. The highest BCUT2D eigenvalue weighted by Gasteiger charge is 2.41. The lowest BCUT2D eigenvalue weighted by Gasteiger charge is -2.32. The van der Waals surface area contributed by atoms with E-state index in [9.17, 15) is 22.8 Å². The molecule has 2 saturated carbocycles. The average molecular weight is 362 g/mol. The first-order chi connectivity index (χ1) is 11.7. The van der Waals surface area contributed by atoms with E-state index in [1.165, 1.54) is 0 Å². The van der Waals surface area contributed by atoms with Gasteiger partial charge in [-0.15, -0.1) is 0 Å². The Hall–Kier alpha value is -1.53. The van der Waals surface area contributed by atoms with E-state index in [2.05, 4.69) is 6.58 Å². The summed E-state index contributed by atoms with van der Waals surface area (Å²) in [5, 5.41) is 0. The molecule has 0 saturated heterocycles. The van der Waals surface area contributed by atoms with Crippen LogP contribution in [0.25, 0.3) is 0 Å². The Morgan fingerprint density at radius 3 is 2.16 bits per heavy atom.